The van der Waals surface area contributed by atoms with Crippen LogP contribution in [0.1, 0.15) is 129 Å². The van der Waals surface area contributed by atoms with Gasteiger partial charge in [0, 0.05) is 133 Å². The summed E-state index contributed by atoms with van der Waals surface area (Å²) < 4.78 is 26.7. The number of Topliss-reactive ketones (excluding diaryl/α,β-unsaturated/α-hetero) is 3. The van der Waals surface area contributed by atoms with E-state index in [4.69, 9.17) is 34.5 Å². The van der Waals surface area contributed by atoms with E-state index in [-0.39, 0.29) is 90.5 Å². The van der Waals surface area contributed by atoms with Crippen molar-refractivity contribution in [3.05, 3.63) is 29.8 Å². The average molecular weight is 1970 g/mol. The number of anilines is 1. The van der Waals surface area contributed by atoms with E-state index in [0.717, 1.165) is 4.90 Å². The lowest BCUT2D eigenvalue weighted by Gasteiger charge is -2.26. The molecular formula is C83H133N11O41S. The minimum absolute atomic E-state index is 0.00998. The van der Waals surface area contributed by atoms with Crippen LogP contribution in [0.3, 0.4) is 0 Å². The third-order valence-electron chi connectivity index (χ3n) is 21.1. The van der Waals surface area contributed by atoms with Crippen molar-refractivity contribution in [1.82, 2.24) is 47.4 Å². The second-order valence-electron chi connectivity index (χ2n) is 32.3. The van der Waals surface area contributed by atoms with E-state index in [0.29, 0.717) is 29.5 Å². The number of aliphatic carboxylic acids is 3. The molecule has 0 saturated carbocycles. The van der Waals surface area contributed by atoms with Crippen molar-refractivity contribution in [3.63, 3.8) is 0 Å². The lowest BCUT2D eigenvalue weighted by molar-refractivity contribution is -0.142. The van der Waals surface area contributed by atoms with Crippen molar-refractivity contribution in [2.24, 2.45) is 29.4 Å². The molecule has 0 spiro atoms. The van der Waals surface area contributed by atoms with Crippen LogP contribution in [-0.4, -0.2) is 423 Å². The smallest absolute Gasteiger partial charge is 0.327 e. The number of hydrogen-bond donors (Lipinski definition) is 28. The second-order valence-corrected chi connectivity index (χ2v) is 33.6. The molecule has 1 saturated heterocycles. The molecule has 1 aliphatic rings. The molecule has 53 heteroatoms. The van der Waals surface area contributed by atoms with Gasteiger partial charge in [0.05, 0.1) is 120 Å². The van der Waals surface area contributed by atoms with Crippen molar-refractivity contribution in [1.29, 1.82) is 0 Å². The number of carbonyl (C=O) groups excluding carboxylic acids is 15. The number of rotatable bonds is 77. The molecule has 1 aromatic rings. The minimum Gasteiger partial charge on any atom is -0.481 e. The number of carboxylic acid groups (broad SMARTS) is 3. The largest absolute Gasteiger partial charge is 0.481 e. The number of carboxylic acids is 3. The van der Waals surface area contributed by atoms with Crippen LogP contribution >= 0.6 is 11.8 Å². The maximum atomic E-state index is 14.7. The van der Waals surface area contributed by atoms with E-state index < -0.39 is 363 Å². The molecule has 772 valence electrons. The van der Waals surface area contributed by atoms with Gasteiger partial charge in [-0.15, -0.1) is 11.8 Å². The first-order valence-electron chi connectivity index (χ1n) is 43.7. The Morgan fingerprint density at radius 1 is 0.456 bits per heavy atom. The van der Waals surface area contributed by atoms with Crippen LogP contribution in [-0.2, 0) is 117 Å². The Kier molecular flexibility index (Phi) is 59.7. The van der Waals surface area contributed by atoms with Gasteiger partial charge in [-0.1, -0.05) is 32.9 Å². The number of aliphatic hydroxyl groups excluding tert-OH is 15. The minimum atomic E-state index is -2.20. The molecular weight excluding hydrogens is 1840 g/mol. The highest BCUT2D eigenvalue weighted by atomic mass is 32.2. The van der Waals surface area contributed by atoms with Crippen LogP contribution in [0.2, 0.25) is 0 Å². The number of ketones is 3. The fourth-order valence-corrected chi connectivity index (χ4v) is 14.0. The van der Waals surface area contributed by atoms with Gasteiger partial charge in [0.1, 0.15) is 67.6 Å². The van der Waals surface area contributed by atoms with Crippen molar-refractivity contribution < 1.29 is 202 Å². The number of carbonyl (C=O) groups is 18. The Bertz CT molecular complexity index is 3960. The molecule has 1 aromatic carbocycles. The topological polar surface area (TPSA) is 855 Å². The average Bonchev–Trinajstić information content (AvgIpc) is 1.67. The molecule has 0 radical (unpaired) electrons. The summed E-state index contributed by atoms with van der Waals surface area (Å²) in [4.78, 5) is 238. The predicted molar refractivity (Wildman–Crippen MR) is 466 cm³/mol. The summed E-state index contributed by atoms with van der Waals surface area (Å²) in [7, 11) is 0. The van der Waals surface area contributed by atoms with E-state index in [1.165, 1.54) is 0 Å². The number of hydrogen-bond acceptors (Lipinski definition) is 40. The number of aliphatic hydroxyl groups is 15. The molecule has 1 fully saturated rings. The summed E-state index contributed by atoms with van der Waals surface area (Å²) in [6.07, 6.45) is -35.9. The second kappa shape index (κ2) is 66.5. The van der Waals surface area contributed by atoms with Crippen LogP contribution in [0.15, 0.2) is 24.3 Å². The molecule has 21 atom stereocenters. The van der Waals surface area contributed by atoms with Crippen LogP contribution in [0.4, 0.5) is 5.69 Å². The molecule has 0 aromatic heterocycles. The summed E-state index contributed by atoms with van der Waals surface area (Å²) in [6.45, 7) is 0.303. The van der Waals surface area contributed by atoms with Crippen LogP contribution in [0.5, 0.6) is 0 Å². The van der Waals surface area contributed by atoms with Gasteiger partial charge in [-0.05, 0) is 55.7 Å². The Morgan fingerprint density at radius 2 is 0.860 bits per heavy atom. The highest BCUT2D eigenvalue weighted by molar-refractivity contribution is 8.00. The van der Waals surface area contributed by atoms with Crippen LogP contribution < -0.4 is 53.6 Å². The predicted octanol–water partition coefficient (Wildman–Crippen LogP) is -11.4. The molecule has 11 amide bonds. The Morgan fingerprint density at radius 3 is 1.28 bits per heavy atom. The molecule has 0 unspecified atom stereocenters. The molecule has 0 bridgehead atoms. The Hall–Kier alpha value is -9.97. The number of likely N-dealkylation sites (tertiary alicyclic amines) is 1. The quantitative estimate of drug-likeness (QED) is 0.0164. The van der Waals surface area contributed by atoms with Crippen molar-refractivity contribution in [2.75, 3.05) is 116 Å². The van der Waals surface area contributed by atoms with Crippen molar-refractivity contribution in [3.8, 4) is 0 Å². The van der Waals surface area contributed by atoms with E-state index in [9.17, 15) is 173 Å². The van der Waals surface area contributed by atoms with Crippen molar-refractivity contribution >= 4 is 124 Å². The molecule has 1 heterocycles. The SMILES string of the molecule is CC(C)[C@H](NC(=O)CCOCCOCCOCCOCCNC(=O)CCN1C(=O)C[C@@H](SC[C@@H](NC(=O)[C@H](CCC(=O)NC[C@H](O)[C@@H](O)[C@H](O)[C@H](O)CO)CC(=O)[C@@H](CCC(=O)O)NC(=O)[C@H](CCC(=O)NC[C@H](O)[C@@H](O)[C@H](O)[C@H](O)CO)CC(=O)[C@@H](CCC(=O)O)NC(=O)[C@@H](N)CCC(=O)NC[C@H](O)[C@@H](O)[C@H](O)[C@H](O)CO)C(=O)O)C1=O)C(=O)C[C@@H](C)C(=O)Nc1ccc(COC=O)cc1. The van der Waals surface area contributed by atoms with E-state index in [1.807, 2.05) is 0 Å². The van der Waals surface area contributed by atoms with Crippen LogP contribution in [0.25, 0.3) is 0 Å². The summed E-state index contributed by atoms with van der Waals surface area (Å²) in [5.41, 5.74) is 7.22. The standard InChI is InChI=1S/C83H133N11O41S/c1-43(2)71(55(101)30-44(3)78(124)89-48-8-4-45(5-9-48)40-135-42-98)93-67(112)19-22-131-24-26-133-28-29-134-27-25-132-23-20-85-66(111)18-21-94-68(113)33-62(82(94)128)136-41-52(83(129)130)92-80(126)47(7-14-64(109)87-35-57(103)73(119)76(122)60(106)38-96)32-53(99)50(11-16-69(114)115)90-79(125)46(6-13-63(108)86-34-56(102)72(118)75(121)59(105)37-95)31-54(100)51(12-17-70(116)117)91-81(127)49(84)10-15-65(110)88-36-58(104)74(120)77(123)61(107)39-97/h4-5,8-9,42-44,46-47,49-52,56-62,71-77,95-97,102-107,118-123H,6-7,10-41,84H2,1-3H3,(H,85,111)(H,86,108)(H,87,109)(H,88,110)(H,89,124)(H,90,125)(H,91,127)(H,92,126)(H,93,112)(H,114,115)(H,116,117)(H,129,130)/t44-,46-,47-,49+,50-,51-,52-,56+,57+,58+,59-,60-,61-,62-,71+,72-,73-,74-,75-,76-,77-/m1/s1. The zero-order chi connectivity index (χ0) is 102. The third-order valence-corrected chi connectivity index (χ3v) is 22.4. The highest BCUT2D eigenvalue weighted by Gasteiger charge is 2.42. The van der Waals surface area contributed by atoms with Gasteiger partial charge in [0.15, 0.2) is 17.3 Å². The molecule has 0 aliphatic carbocycles. The fraction of sp³-hybridized carbons (Fsp3) is 0.711. The monoisotopic (exact) mass is 1970 g/mol. The zero-order valence-electron chi connectivity index (χ0n) is 75.5. The number of thioether (sulfide) groups is 1. The van der Waals surface area contributed by atoms with E-state index >= 15 is 0 Å². The fourth-order valence-electron chi connectivity index (χ4n) is 12.8. The number of imide groups is 1. The molecule has 2 rings (SSSR count). The van der Waals surface area contributed by atoms with Gasteiger partial charge in [0.25, 0.3) is 6.47 Å². The van der Waals surface area contributed by atoms with Gasteiger partial charge < -0.3 is 169 Å². The highest BCUT2D eigenvalue weighted by Crippen LogP contribution is 2.28. The summed E-state index contributed by atoms with van der Waals surface area (Å²) in [6, 6.07) is -1.88. The number of nitrogens with one attached hydrogen (secondary N) is 9. The number of nitrogens with two attached hydrogens (primary N) is 1. The lowest BCUT2D eigenvalue weighted by atomic mass is 9.89. The summed E-state index contributed by atoms with van der Waals surface area (Å²) >= 11 is 0.575. The van der Waals surface area contributed by atoms with Gasteiger partial charge in [-0.3, -0.25) is 86.4 Å². The first-order valence-corrected chi connectivity index (χ1v) is 44.8. The maximum absolute atomic E-state index is 14.7. The van der Waals surface area contributed by atoms with E-state index in [1.54, 1.807) is 45.0 Å². The first-order chi connectivity index (χ1) is 64.2. The van der Waals surface area contributed by atoms with Crippen LogP contribution in [0, 0.1) is 23.7 Å². The Balaban J connectivity index is 2.21. The summed E-state index contributed by atoms with van der Waals surface area (Å²) in [5, 5.41) is 198. The zero-order valence-corrected chi connectivity index (χ0v) is 76.3. The van der Waals surface area contributed by atoms with Gasteiger partial charge >= 0.3 is 17.9 Å². The van der Waals surface area contributed by atoms with Gasteiger partial charge in [-0.2, -0.15) is 0 Å². The Labute approximate surface area is 784 Å². The third kappa shape index (κ3) is 47.9. The first kappa shape index (κ1) is 122. The maximum Gasteiger partial charge on any atom is 0.327 e. The van der Waals surface area contributed by atoms with Crippen molar-refractivity contribution in [2.45, 2.75) is 239 Å². The molecule has 1 aliphatic heterocycles. The molecule has 136 heavy (non-hydrogen) atoms. The molecule has 52 nitrogen and oxygen atoms in total. The van der Waals surface area contributed by atoms with Gasteiger partial charge in [0.2, 0.25) is 65.0 Å². The number of benzene rings is 1. The lowest BCUT2D eigenvalue weighted by Crippen LogP contribution is -2.51. The number of nitrogens with zero attached hydrogens (tertiary/aromatic N) is 1. The molecule has 29 N–H and O–H groups in total. The number of ether oxygens (including phenoxy) is 5. The summed E-state index contributed by atoms with van der Waals surface area (Å²) in [5.74, 6) is -23.3. The normalized spacial score (nSPS) is 17.1. The number of amides is 11. The van der Waals surface area contributed by atoms with E-state index in [2.05, 4.69) is 47.9 Å². The van der Waals surface area contributed by atoms with Gasteiger partial charge in [-0.25, -0.2) is 4.79 Å².